The van der Waals surface area contributed by atoms with Crippen LogP contribution in [-0.4, -0.2) is 121 Å². The number of piperidine rings is 2. The predicted octanol–water partition coefficient (Wildman–Crippen LogP) is 4.14. The maximum absolute atomic E-state index is 13.6. The summed E-state index contributed by atoms with van der Waals surface area (Å²) in [6.07, 6.45) is 3.52. The summed E-state index contributed by atoms with van der Waals surface area (Å²) in [6.45, 7) is 9.31. The molecule has 5 amide bonds. The van der Waals surface area contributed by atoms with Crippen molar-refractivity contribution in [2.45, 2.75) is 57.2 Å². The summed E-state index contributed by atoms with van der Waals surface area (Å²) in [5.41, 5.74) is 4.95. The minimum Gasteiger partial charge on any atom is -0.371 e. The number of halogens is 1. The van der Waals surface area contributed by atoms with E-state index in [9.17, 15) is 29.2 Å². The molecule has 0 radical (unpaired) electrons. The van der Waals surface area contributed by atoms with Gasteiger partial charge in [0.2, 0.25) is 11.8 Å². The molecule has 2 atom stereocenters. The van der Waals surface area contributed by atoms with Crippen molar-refractivity contribution in [1.82, 2.24) is 20.0 Å². The zero-order chi connectivity index (χ0) is 39.6. The molecule has 6 aliphatic heterocycles. The highest BCUT2D eigenvalue weighted by atomic mass is 35.5. The lowest BCUT2D eigenvalue weighted by Gasteiger charge is -2.49. The molecule has 5 fully saturated rings. The van der Waals surface area contributed by atoms with E-state index in [4.69, 9.17) is 11.6 Å². The molecule has 3 aromatic carbocycles. The Bertz CT molecular complexity index is 2200. The van der Waals surface area contributed by atoms with Gasteiger partial charge in [0, 0.05) is 94.3 Å². The van der Waals surface area contributed by atoms with Gasteiger partial charge in [0.25, 0.3) is 17.7 Å². The lowest BCUT2D eigenvalue weighted by molar-refractivity contribution is -0.136. The van der Waals surface area contributed by atoms with Gasteiger partial charge in [-0.05, 0) is 92.6 Å². The molecular weight excluding hydrogens is 744 g/mol. The zero-order valence-corrected chi connectivity index (χ0v) is 32.7. The second kappa shape index (κ2) is 14.5. The predicted molar refractivity (Wildman–Crippen MR) is 215 cm³/mol. The quantitative estimate of drug-likeness (QED) is 0.363. The lowest BCUT2D eigenvalue weighted by atomic mass is 9.76. The van der Waals surface area contributed by atoms with Crippen LogP contribution >= 0.6 is 11.6 Å². The van der Waals surface area contributed by atoms with Crippen molar-refractivity contribution in [3.63, 3.8) is 0 Å². The number of benzene rings is 3. The molecule has 57 heavy (non-hydrogen) atoms. The van der Waals surface area contributed by atoms with Gasteiger partial charge in [-0.2, -0.15) is 5.26 Å². The van der Waals surface area contributed by atoms with Gasteiger partial charge in [-0.1, -0.05) is 17.7 Å². The summed E-state index contributed by atoms with van der Waals surface area (Å²) < 4.78 is 0. The van der Waals surface area contributed by atoms with Crippen LogP contribution in [0.5, 0.6) is 0 Å². The summed E-state index contributed by atoms with van der Waals surface area (Å²) in [4.78, 5) is 77.0. The molecular formula is C43H45ClN8O5. The third-order valence-corrected chi connectivity index (χ3v) is 13.6. The van der Waals surface area contributed by atoms with Crippen LogP contribution in [0, 0.1) is 16.7 Å². The number of hydrogen-bond acceptors (Lipinski definition) is 10. The first-order valence-electron chi connectivity index (χ1n) is 20.0. The first-order chi connectivity index (χ1) is 27.5. The van der Waals surface area contributed by atoms with E-state index in [0.717, 1.165) is 68.3 Å². The van der Waals surface area contributed by atoms with Gasteiger partial charge in [0.1, 0.15) is 12.1 Å². The van der Waals surface area contributed by atoms with Crippen molar-refractivity contribution in [1.29, 1.82) is 5.26 Å². The molecule has 6 aliphatic rings. The molecule has 1 unspecified atom stereocenters. The van der Waals surface area contributed by atoms with Gasteiger partial charge in [-0.3, -0.25) is 39.1 Å². The summed E-state index contributed by atoms with van der Waals surface area (Å²) in [6, 6.07) is 20.8. The molecule has 0 aliphatic carbocycles. The normalized spacial score (nSPS) is 23.8. The second-order valence-electron chi connectivity index (χ2n) is 16.5. The van der Waals surface area contributed by atoms with Crippen molar-refractivity contribution >= 4 is 58.2 Å². The van der Waals surface area contributed by atoms with Crippen LogP contribution in [-0.2, 0) is 9.59 Å². The first kappa shape index (κ1) is 37.1. The SMILES string of the molecule is C[C@H]1CC2(CCN(c3ccc(C(=O)N4CCN(C5CN(c6cccc7c6C(=O)N(C6CCC(=O)NC6=O)C7=O)C5)CC4)cc3)CC2)CN1c1ccc(C#N)c(Cl)c1. The molecule has 1 N–H and O–H groups in total. The third-order valence-electron chi connectivity index (χ3n) is 13.2. The van der Waals surface area contributed by atoms with E-state index in [2.05, 4.69) is 50.0 Å². The Morgan fingerprint density at radius 1 is 0.877 bits per heavy atom. The van der Waals surface area contributed by atoms with Crippen molar-refractivity contribution in [3.8, 4) is 6.07 Å². The number of anilines is 3. The standard InChI is InChI=1S/C43H45ClN8O5/c1-27-22-43(26-51(27)31-10-7-29(23-45)34(44)21-31)13-15-47(16-14-43)30-8-5-28(6-9-30)40(55)49-19-17-48(18-20-49)32-24-50(25-32)35-4-2-3-33-38(35)42(57)52(41(33)56)36-11-12-37(53)46-39(36)54/h2-10,21,27,32,36H,11-20,22,24-26H2,1H3,(H,46,53,54)/t27-,36?/m0/s1. The van der Waals surface area contributed by atoms with E-state index in [1.165, 1.54) is 0 Å². The fourth-order valence-corrected chi connectivity index (χ4v) is 10.2. The van der Waals surface area contributed by atoms with Crippen molar-refractivity contribution in [2.75, 3.05) is 73.6 Å². The molecule has 0 aromatic heterocycles. The zero-order valence-electron chi connectivity index (χ0n) is 32.0. The first-order valence-corrected chi connectivity index (χ1v) is 20.3. The molecule has 13 nitrogen and oxygen atoms in total. The molecule has 0 bridgehead atoms. The third kappa shape index (κ3) is 6.58. The van der Waals surface area contributed by atoms with Crippen molar-refractivity contribution in [2.24, 2.45) is 5.41 Å². The fourth-order valence-electron chi connectivity index (χ4n) is 9.97. The van der Waals surface area contributed by atoms with Crippen LogP contribution in [0.15, 0.2) is 60.7 Å². The van der Waals surface area contributed by atoms with E-state index < -0.39 is 29.7 Å². The highest BCUT2D eigenvalue weighted by Gasteiger charge is 2.48. The minimum absolute atomic E-state index is 0.0422. The molecule has 14 heteroatoms. The second-order valence-corrected chi connectivity index (χ2v) is 16.9. The van der Waals surface area contributed by atoms with E-state index in [1.54, 1.807) is 12.1 Å². The Labute approximate surface area is 336 Å². The molecule has 5 saturated heterocycles. The number of hydrogen-bond donors (Lipinski definition) is 1. The number of nitriles is 1. The van der Waals surface area contributed by atoms with Crippen LogP contribution in [0.4, 0.5) is 17.1 Å². The smallest absolute Gasteiger partial charge is 0.264 e. The Morgan fingerprint density at radius 3 is 2.28 bits per heavy atom. The lowest BCUT2D eigenvalue weighted by Crippen LogP contribution is -2.63. The Kier molecular flexibility index (Phi) is 9.44. The average Bonchev–Trinajstić information content (AvgIpc) is 3.66. The highest BCUT2D eigenvalue weighted by Crippen LogP contribution is 2.46. The number of piperazine rings is 1. The maximum Gasteiger partial charge on any atom is 0.264 e. The summed E-state index contributed by atoms with van der Waals surface area (Å²) in [5, 5.41) is 12.0. The van der Waals surface area contributed by atoms with Crippen molar-refractivity contribution < 1.29 is 24.0 Å². The van der Waals surface area contributed by atoms with Crippen molar-refractivity contribution in [3.05, 3.63) is 87.9 Å². The summed E-state index contributed by atoms with van der Waals surface area (Å²) in [7, 11) is 0. The maximum atomic E-state index is 13.6. The van der Waals surface area contributed by atoms with E-state index in [1.807, 2.05) is 41.3 Å². The Hall–Kier alpha value is -5.45. The van der Waals surface area contributed by atoms with Crippen LogP contribution in [0.25, 0.3) is 0 Å². The van der Waals surface area contributed by atoms with Gasteiger partial charge in [0.15, 0.2) is 0 Å². The van der Waals surface area contributed by atoms with Gasteiger partial charge in [-0.25, -0.2) is 0 Å². The highest BCUT2D eigenvalue weighted by molar-refractivity contribution is 6.32. The minimum atomic E-state index is -0.996. The Balaban J connectivity index is 0.755. The molecule has 6 heterocycles. The van der Waals surface area contributed by atoms with Gasteiger partial charge < -0.3 is 19.6 Å². The number of rotatable bonds is 6. The number of imide groups is 2. The van der Waals surface area contributed by atoms with Gasteiger partial charge in [0.05, 0.1) is 27.4 Å². The summed E-state index contributed by atoms with van der Waals surface area (Å²) >= 11 is 6.37. The molecule has 1 spiro atoms. The number of fused-ring (bicyclic) bond motifs is 1. The topological polar surface area (TPSA) is 141 Å². The number of carbonyl (C=O) groups excluding carboxylic acids is 5. The van der Waals surface area contributed by atoms with Gasteiger partial charge in [-0.15, -0.1) is 0 Å². The summed E-state index contributed by atoms with van der Waals surface area (Å²) in [5.74, 6) is -1.97. The number of nitrogens with zero attached hydrogens (tertiary/aromatic N) is 7. The van der Waals surface area contributed by atoms with Crippen LogP contribution < -0.4 is 20.0 Å². The van der Waals surface area contributed by atoms with E-state index in [-0.39, 0.29) is 35.8 Å². The van der Waals surface area contributed by atoms with Crippen LogP contribution in [0.3, 0.4) is 0 Å². The molecule has 3 aromatic rings. The van der Waals surface area contributed by atoms with E-state index >= 15 is 0 Å². The Morgan fingerprint density at radius 2 is 1.60 bits per heavy atom. The van der Waals surface area contributed by atoms with Crippen LogP contribution in [0.2, 0.25) is 5.02 Å². The average molecular weight is 789 g/mol. The largest absolute Gasteiger partial charge is 0.371 e. The number of amides is 5. The monoisotopic (exact) mass is 788 g/mol. The molecule has 9 rings (SSSR count). The van der Waals surface area contributed by atoms with Crippen LogP contribution in [0.1, 0.15) is 75.7 Å². The van der Waals surface area contributed by atoms with E-state index in [0.29, 0.717) is 59.6 Å². The number of nitrogens with one attached hydrogen (secondary N) is 1. The van der Waals surface area contributed by atoms with Gasteiger partial charge >= 0.3 is 0 Å². The molecule has 0 saturated carbocycles. The molecule has 294 valence electrons. The fraction of sp³-hybridized carbons (Fsp3) is 0.442. The number of carbonyl (C=O) groups is 5.